The molecule has 2 unspecified atom stereocenters. The van der Waals surface area contributed by atoms with Crippen molar-refractivity contribution in [1.82, 2.24) is 5.32 Å². The van der Waals surface area contributed by atoms with Crippen LogP contribution < -0.4 is 10.2 Å². The van der Waals surface area contributed by atoms with E-state index in [9.17, 15) is 4.79 Å². The number of fused-ring (bicyclic) bond motifs is 3. The molecule has 0 saturated carbocycles. The number of hydrogen-bond donors (Lipinski definition) is 1. The zero-order valence-electron chi connectivity index (χ0n) is 13.9. The number of nitrogens with one attached hydrogen (secondary N) is 1. The Morgan fingerprint density at radius 2 is 2.00 bits per heavy atom. The number of rotatable bonds is 2. The third-order valence-electron chi connectivity index (χ3n) is 5.69. The maximum Gasteiger partial charge on any atom is 0.227 e. The highest BCUT2D eigenvalue weighted by Crippen LogP contribution is 2.34. The number of anilines is 1. The van der Waals surface area contributed by atoms with Gasteiger partial charge in [0.2, 0.25) is 5.91 Å². The zero-order chi connectivity index (χ0) is 15.1. The first-order valence-corrected chi connectivity index (χ1v) is 8.85. The molecule has 23 heavy (non-hydrogen) atoms. The van der Waals surface area contributed by atoms with Gasteiger partial charge < -0.3 is 10.2 Å². The summed E-state index contributed by atoms with van der Waals surface area (Å²) in [4.78, 5) is 14.9. The third kappa shape index (κ3) is 3.41. The molecule has 1 amide bonds. The molecule has 3 nitrogen and oxygen atoms in total. The van der Waals surface area contributed by atoms with E-state index in [1.165, 1.54) is 42.5 Å². The van der Waals surface area contributed by atoms with E-state index in [4.69, 9.17) is 0 Å². The normalized spacial score (nSPS) is 28.9. The molecule has 4 heteroatoms. The molecule has 0 spiro atoms. The summed E-state index contributed by atoms with van der Waals surface area (Å²) in [7, 11) is 0. The van der Waals surface area contributed by atoms with Crippen LogP contribution in [0.15, 0.2) is 18.2 Å². The highest BCUT2D eigenvalue weighted by Gasteiger charge is 2.35. The van der Waals surface area contributed by atoms with Gasteiger partial charge in [-0.3, -0.25) is 4.79 Å². The van der Waals surface area contributed by atoms with Crippen molar-refractivity contribution in [2.45, 2.75) is 64.0 Å². The average molecular weight is 335 g/mol. The smallest absolute Gasteiger partial charge is 0.227 e. The van der Waals surface area contributed by atoms with Gasteiger partial charge >= 0.3 is 0 Å². The Morgan fingerprint density at radius 1 is 1.26 bits per heavy atom. The predicted molar refractivity (Wildman–Crippen MR) is 96.4 cm³/mol. The summed E-state index contributed by atoms with van der Waals surface area (Å²) < 4.78 is 0. The first kappa shape index (κ1) is 16.8. The second-order valence-corrected chi connectivity index (χ2v) is 7.46. The maximum atomic E-state index is 12.9. The molecular formula is C19H27ClN2O. The largest absolute Gasteiger partial charge is 0.312 e. The van der Waals surface area contributed by atoms with Crippen LogP contribution in [0.2, 0.25) is 0 Å². The van der Waals surface area contributed by atoms with Crippen LogP contribution in [0.5, 0.6) is 0 Å². The van der Waals surface area contributed by atoms with Gasteiger partial charge in [-0.15, -0.1) is 12.4 Å². The van der Waals surface area contributed by atoms with Crippen molar-refractivity contribution in [1.29, 1.82) is 0 Å². The first-order chi connectivity index (χ1) is 10.7. The Hall–Kier alpha value is -1.06. The summed E-state index contributed by atoms with van der Waals surface area (Å²) in [5, 5.41) is 3.67. The molecule has 3 aliphatic rings. The SMILES string of the molecule is Cc1ccc2c(c1)CCCN2C(=O)CC1CC2CCC(C1)N2.Cl. The van der Waals surface area contributed by atoms with Crippen LogP contribution in [0, 0.1) is 12.8 Å². The number of amides is 1. The van der Waals surface area contributed by atoms with Gasteiger partial charge in [0.25, 0.3) is 0 Å². The number of nitrogens with zero attached hydrogens (tertiary/aromatic N) is 1. The number of halogens is 1. The second kappa shape index (κ2) is 6.82. The summed E-state index contributed by atoms with van der Waals surface area (Å²) in [5.41, 5.74) is 3.81. The molecule has 1 N–H and O–H groups in total. The van der Waals surface area contributed by atoms with Crippen LogP contribution >= 0.6 is 12.4 Å². The number of aryl methyl sites for hydroxylation is 2. The molecule has 0 aliphatic carbocycles. The molecule has 126 valence electrons. The third-order valence-corrected chi connectivity index (χ3v) is 5.69. The Kier molecular flexibility index (Phi) is 4.98. The van der Waals surface area contributed by atoms with Crippen molar-refractivity contribution < 1.29 is 4.79 Å². The van der Waals surface area contributed by atoms with E-state index in [1.54, 1.807) is 0 Å². The van der Waals surface area contributed by atoms with Gasteiger partial charge in [0, 0.05) is 30.7 Å². The Balaban J connectivity index is 0.00000156. The van der Waals surface area contributed by atoms with Gasteiger partial charge in [0.1, 0.15) is 0 Å². The van der Waals surface area contributed by atoms with Crippen LogP contribution in [0.1, 0.15) is 49.7 Å². The summed E-state index contributed by atoms with van der Waals surface area (Å²) in [6.45, 7) is 3.03. The summed E-state index contributed by atoms with van der Waals surface area (Å²) in [6.07, 6.45) is 7.94. The van der Waals surface area contributed by atoms with Crippen molar-refractivity contribution in [2.75, 3.05) is 11.4 Å². The molecule has 2 atom stereocenters. The van der Waals surface area contributed by atoms with Crippen molar-refractivity contribution in [2.24, 2.45) is 5.92 Å². The van der Waals surface area contributed by atoms with Gasteiger partial charge in [-0.05, 0) is 63.0 Å². The van der Waals surface area contributed by atoms with Crippen LogP contribution in [0.25, 0.3) is 0 Å². The lowest BCUT2D eigenvalue weighted by Crippen LogP contribution is -2.41. The Labute approximate surface area is 145 Å². The molecule has 3 aliphatic heterocycles. The van der Waals surface area contributed by atoms with Crippen LogP contribution in [-0.4, -0.2) is 24.5 Å². The Bertz CT molecular complexity index is 577. The van der Waals surface area contributed by atoms with E-state index >= 15 is 0 Å². The van der Waals surface area contributed by atoms with E-state index in [1.807, 2.05) is 0 Å². The molecule has 1 aromatic rings. The molecule has 0 radical (unpaired) electrons. The fraction of sp³-hybridized carbons (Fsp3) is 0.632. The van der Waals surface area contributed by atoms with Gasteiger partial charge in [0.05, 0.1) is 0 Å². The minimum absolute atomic E-state index is 0. The van der Waals surface area contributed by atoms with Gasteiger partial charge in [-0.25, -0.2) is 0 Å². The fourth-order valence-corrected chi connectivity index (χ4v) is 4.68. The molecule has 1 aromatic carbocycles. The number of benzene rings is 1. The average Bonchev–Trinajstić information content (AvgIpc) is 2.85. The highest BCUT2D eigenvalue weighted by atomic mass is 35.5. The standard InChI is InChI=1S/C19H26N2O.ClH/c1-13-4-7-18-15(9-13)3-2-8-21(18)19(22)12-14-10-16-5-6-17(11-14)20-16;/h4,7,9,14,16-17,20H,2-3,5-6,8,10-12H2,1H3;1H. The van der Waals surface area contributed by atoms with E-state index in [0.717, 1.165) is 25.8 Å². The van der Waals surface area contributed by atoms with Gasteiger partial charge in [0.15, 0.2) is 0 Å². The lowest BCUT2D eigenvalue weighted by atomic mass is 9.88. The zero-order valence-corrected chi connectivity index (χ0v) is 14.7. The monoisotopic (exact) mass is 334 g/mol. The maximum absolute atomic E-state index is 12.9. The minimum Gasteiger partial charge on any atom is -0.312 e. The lowest BCUT2D eigenvalue weighted by Gasteiger charge is -2.33. The van der Waals surface area contributed by atoms with Gasteiger partial charge in [-0.1, -0.05) is 17.7 Å². The molecular weight excluding hydrogens is 308 g/mol. The molecule has 3 heterocycles. The summed E-state index contributed by atoms with van der Waals surface area (Å²) in [5.74, 6) is 0.929. The molecule has 2 bridgehead atoms. The second-order valence-electron chi connectivity index (χ2n) is 7.46. The Morgan fingerprint density at radius 3 is 2.74 bits per heavy atom. The van der Waals surface area contributed by atoms with Gasteiger partial charge in [-0.2, -0.15) is 0 Å². The number of hydrogen-bond acceptors (Lipinski definition) is 2. The molecule has 2 fully saturated rings. The summed E-state index contributed by atoms with van der Waals surface area (Å²) in [6, 6.07) is 7.88. The number of piperidine rings is 1. The quantitative estimate of drug-likeness (QED) is 0.896. The van der Waals surface area contributed by atoms with E-state index < -0.39 is 0 Å². The van der Waals surface area contributed by atoms with Crippen LogP contribution in [-0.2, 0) is 11.2 Å². The molecule has 0 aromatic heterocycles. The molecule has 4 rings (SSSR count). The minimum atomic E-state index is 0. The van der Waals surface area contributed by atoms with Crippen LogP contribution in [0.4, 0.5) is 5.69 Å². The lowest BCUT2D eigenvalue weighted by molar-refractivity contribution is -0.119. The predicted octanol–water partition coefficient (Wildman–Crippen LogP) is 3.62. The van der Waals surface area contributed by atoms with Crippen molar-refractivity contribution in [3.63, 3.8) is 0 Å². The van der Waals surface area contributed by atoms with Crippen molar-refractivity contribution in [3.8, 4) is 0 Å². The topological polar surface area (TPSA) is 32.3 Å². The molecule has 2 saturated heterocycles. The fourth-order valence-electron chi connectivity index (χ4n) is 4.68. The highest BCUT2D eigenvalue weighted by molar-refractivity contribution is 5.94. The first-order valence-electron chi connectivity index (χ1n) is 8.85. The van der Waals surface area contributed by atoms with Crippen molar-refractivity contribution in [3.05, 3.63) is 29.3 Å². The van der Waals surface area contributed by atoms with E-state index in [2.05, 4.69) is 35.3 Å². The van der Waals surface area contributed by atoms with E-state index in [0.29, 0.717) is 23.9 Å². The van der Waals surface area contributed by atoms with Crippen LogP contribution in [0.3, 0.4) is 0 Å². The summed E-state index contributed by atoms with van der Waals surface area (Å²) >= 11 is 0. The number of carbonyl (C=O) groups excluding carboxylic acids is 1. The van der Waals surface area contributed by atoms with E-state index in [-0.39, 0.29) is 12.4 Å². The van der Waals surface area contributed by atoms with Crippen molar-refractivity contribution >= 4 is 24.0 Å². The number of carbonyl (C=O) groups is 1.